The number of unbranched alkanes of at least 4 members (excludes halogenated alkanes) is 2. The SMILES string of the molecule is CCCCC1C(=O)N(C)C(CCCC)C(=O)NC(CCCNC(=N)N)C(=O)N[C@H](C(=O)NCC(N)=O)CSCC(=O)NC(Cc2ccc(O)cc2)C(=O)N(C)C(C)C(=O)NC(CC(N)=O)C(=O)N2CCCC2C(=O)NC(CN)C(=O)NC(CC(C)C)C(=O)N2C[C@H](O)CC2C(=O)NC(Cc2c[nH]c3ccccc23)C(=O)NC(CO)C(=O)NC(Cc2c(-c3ccc(OCCC)cc3)[nH]c3ccccc23)C(=O)N1C. The summed E-state index contributed by atoms with van der Waals surface area (Å²) in [5.74, 6) is -17.8. The number of aromatic hydroxyl groups is 1. The van der Waals surface area contributed by atoms with Crippen molar-refractivity contribution in [3.63, 3.8) is 0 Å². The first-order valence-electron chi connectivity index (χ1n) is 48.0. The fourth-order valence-corrected chi connectivity index (χ4v) is 18.3. The topological polar surface area (TPSA) is 668 Å². The fraction of sp³-hybridized carbons (Fsp3) is 0.526. The van der Waals surface area contributed by atoms with Gasteiger partial charge in [-0.15, -0.1) is 11.8 Å². The minimum atomic E-state index is -1.94. The molecule has 4 aromatic carbocycles. The number of carbonyl (C=O) groups excluding carboxylic acids is 17. The van der Waals surface area contributed by atoms with Gasteiger partial charge < -0.3 is 136 Å². The number of hydrogen-bond donors (Lipinski definition) is 21. The Balaban J connectivity index is 1.13. The number of fused-ring (bicyclic) bond motifs is 4. The van der Waals surface area contributed by atoms with Crippen LogP contribution < -0.4 is 86.2 Å². The van der Waals surface area contributed by atoms with E-state index in [-0.39, 0.29) is 89.0 Å². The summed E-state index contributed by atoms with van der Waals surface area (Å²) < 4.78 is 5.95. The Hall–Kier alpha value is -14.0. The number of nitrogens with one attached hydrogen (secondary N) is 14. The van der Waals surface area contributed by atoms with Crippen LogP contribution in [0.3, 0.4) is 0 Å². The van der Waals surface area contributed by atoms with Crippen molar-refractivity contribution in [1.82, 2.24) is 93.0 Å². The highest BCUT2D eigenvalue weighted by molar-refractivity contribution is 8.00. The molecule has 15 atom stereocenters. The maximum Gasteiger partial charge on any atom is 0.246 e. The molecule has 772 valence electrons. The summed E-state index contributed by atoms with van der Waals surface area (Å²) in [5.41, 5.74) is 26.7. The maximum absolute atomic E-state index is 16.3. The van der Waals surface area contributed by atoms with E-state index in [1.165, 1.54) is 52.3 Å². The van der Waals surface area contributed by atoms with Gasteiger partial charge in [0.25, 0.3) is 0 Å². The van der Waals surface area contributed by atoms with Crippen molar-refractivity contribution in [1.29, 1.82) is 5.41 Å². The lowest BCUT2D eigenvalue weighted by molar-refractivity contribution is -0.149. The second-order valence-corrected chi connectivity index (χ2v) is 37.5. The number of phenols is 1. The highest BCUT2D eigenvalue weighted by atomic mass is 32.2. The zero-order chi connectivity index (χ0) is 104. The fourth-order valence-electron chi connectivity index (χ4n) is 17.5. The van der Waals surface area contributed by atoms with Crippen molar-refractivity contribution in [2.45, 2.75) is 241 Å². The van der Waals surface area contributed by atoms with Gasteiger partial charge in [0.1, 0.15) is 96.1 Å². The smallest absolute Gasteiger partial charge is 0.246 e. The highest BCUT2D eigenvalue weighted by Crippen LogP contribution is 2.34. The molecule has 5 heterocycles. The minimum absolute atomic E-state index is 0.0216. The van der Waals surface area contributed by atoms with E-state index < -0.39 is 248 Å². The van der Waals surface area contributed by atoms with Crippen LogP contribution in [0.15, 0.2) is 103 Å². The van der Waals surface area contributed by atoms with Gasteiger partial charge >= 0.3 is 0 Å². The van der Waals surface area contributed by atoms with E-state index in [1.807, 2.05) is 26.8 Å². The molecule has 17 amide bonds. The predicted octanol–water partition coefficient (Wildman–Crippen LogP) is -1.48. The van der Waals surface area contributed by atoms with Gasteiger partial charge in [-0.1, -0.05) is 109 Å². The monoisotopic (exact) mass is 1990 g/mol. The Morgan fingerprint density at radius 1 is 0.563 bits per heavy atom. The Labute approximate surface area is 827 Å². The third-order valence-electron chi connectivity index (χ3n) is 25.3. The Morgan fingerprint density at radius 3 is 1.79 bits per heavy atom. The van der Waals surface area contributed by atoms with E-state index in [9.17, 15) is 58.5 Å². The molecular formula is C97H137N23O21S. The number of para-hydroxylation sites is 2. The molecule has 3 aliphatic rings. The standard InChI is InChI=1S/C97H137N23O21S/c1-10-13-26-75-89(133)108-66(25-19-37-103-97(101)102)85(129)115-74(84(128)105-48-80(100)125)51-142-52-81(126)106-69(41-55-29-33-58(122)34-30-55)92(136)116(7)54(6)83(127)110-71(45-79(99)124)94(138)119-38-20-28-76(119)90(134)113-72(46-98)87(131)111-68(40-53(4)5)95(139)120-49-59(123)43-78(120)91(135)109-67(42-57-47-104-64-23-17-15-21-61(57)64)86(130)114-73(50-121)88(132)112-70(93(137)118(9)77(27-14-11-2)96(140)117(75)8)44-63-62-22-16-18-24-65(62)107-82(63)56-31-35-60(36-32-56)141-39-12-3/h15-18,21-24,29-36,47,53-54,59,66-78,104,107,121-123H,10-14,19-20,25-28,37-46,48-52,98H2,1-9H3,(H2,99,124)(H2,100,125)(H,105,128)(H,106,126)(H,108,133)(H,109,135)(H,110,127)(H,111,131)(H,112,132)(H,113,134)(H,114,130)(H,115,129)(H4,101,102,103)/t54?,59-,66?,67?,68?,69?,70?,71?,72?,73?,74+,75?,76?,77?,78?/m1/s1. The average Bonchev–Trinajstić information content (AvgIpc) is 1.61. The number of amides is 17. The molecule has 44 nitrogen and oxygen atoms in total. The average molecular weight is 1990 g/mol. The number of nitrogens with zero attached hydrogens (tertiary/aromatic N) is 5. The lowest BCUT2D eigenvalue weighted by Crippen LogP contribution is -2.62. The van der Waals surface area contributed by atoms with Crippen molar-refractivity contribution < 1.29 is 102 Å². The third kappa shape index (κ3) is 30.8. The molecular weight excluding hydrogens is 1860 g/mol. The first-order chi connectivity index (χ1) is 67.7. The van der Waals surface area contributed by atoms with Crippen molar-refractivity contribution in [3.05, 3.63) is 120 Å². The second kappa shape index (κ2) is 53.6. The Bertz CT molecular complexity index is 5470. The quantitative estimate of drug-likeness (QED) is 0.0145. The number of H-pyrrole nitrogens is 2. The van der Waals surface area contributed by atoms with Gasteiger partial charge in [0, 0.05) is 112 Å². The number of nitrogens with two attached hydrogens (primary N) is 4. The van der Waals surface area contributed by atoms with Crippen molar-refractivity contribution in [3.8, 4) is 22.8 Å². The molecule has 45 heteroatoms. The summed E-state index contributed by atoms with van der Waals surface area (Å²) >= 11 is 0.757. The van der Waals surface area contributed by atoms with E-state index in [2.05, 4.69) is 68.5 Å². The maximum atomic E-state index is 16.3. The number of aliphatic hydroxyl groups is 2. The molecule has 0 radical (unpaired) electrons. The number of aromatic amines is 2. The van der Waals surface area contributed by atoms with E-state index in [4.69, 9.17) is 33.1 Å². The first-order valence-corrected chi connectivity index (χ1v) is 49.1. The summed E-state index contributed by atoms with van der Waals surface area (Å²) in [7, 11) is 3.91. The lowest BCUT2D eigenvalue weighted by atomic mass is 9.96. The van der Waals surface area contributed by atoms with Gasteiger partial charge in [0.05, 0.1) is 38.0 Å². The number of thioether (sulfide) groups is 1. The van der Waals surface area contributed by atoms with Crippen LogP contribution in [0, 0.1) is 11.3 Å². The van der Waals surface area contributed by atoms with Gasteiger partial charge in [0.15, 0.2) is 5.96 Å². The summed E-state index contributed by atoms with van der Waals surface area (Å²) in [6.07, 6.45) is 0.0558. The van der Waals surface area contributed by atoms with Crippen LogP contribution in [0.1, 0.15) is 148 Å². The molecule has 0 bridgehead atoms. The summed E-state index contributed by atoms with van der Waals surface area (Å²) in [4.78, 5) is 263. The minimum Gasteiger partial charge on any atom is -0.508 e. The van der Waals surface area contributed by atoms with Crippen LogP contribution in [0.4, 0.5) is 0 Å². The molecule has 3 fully saturated rings. The number of primary amides is 2. The number of guanidine groups is 1. The number of aromatic nitrogens is 2. The van der Waals surface area contributed by atoms with Crippen LogP contribution in [0.5, 0.6) is 11.5 Å². The number of likely N-dealkylation sites (N-methyl/N-ethyl adjacent to an activating group) is 3. The number of phenolic OH excluding ortho intramolecular Hbond substituents is 1. The largest absolute Gasteiger partial charge is 0.508 e. The molecule has 0 spiro atoms. The Kier molecular flexibility index (Phi) is 42.2. The zero-order valence-electron chi connectivity index (χ0n) is 81.6. The molecule has 25 N–H and O–H groups in total. The van der Waals surface area contributed by atoms with E-state index in [1.54, 1.807) is 86.8 Å². The van der Waals surface area contributed by atoms with Gasteiger partial charge in [-0.25, -0.2) is 0 Å². The number of carbonyl (C=O) groups is 17. The van der Waals surface area contributed by atoms with Gasteiger partial charge in [0.2, 0.25) is 100 Å². The second-order valence-electron chi connectivity index (χ2n) is 36.5. The molecule has 13 unspecified atom stereocenters. The van der Waals surface area contributed by atoms with E-state index >= 15 is 38.4 Å². The number of aliphatic hydroxyl groups excluding tert-OH is 2. The van der Waals surface area contributed by atoms with Gasteiger partial charge in [-0.3, -0.25) is 86.9 Å². The summed E-state index contributed by atoms with van der Waals surface area (Å²) in [6.45, 7) is 7.70. The Morgan fingerprint density at radius 2 is 1.14 bits per heavy atom. The lowest BCUT2D eigenvalue weighted by Gasteiger charge is -2.36. The van der Waals surface area contributed by atoms with Crippen LogP contribution in [-0.2, 0) is 101 Å². The summed E-state index contributed by atoms with van der Waals surface area (Å²) in [5, 5.41) is 71.2. The van der Waals surface area contributed by atoms with E-state index in [0.29, 0.717) is 87.8 Å². The zero-order valence-corrected chi connectivity index (χ0v) is 82.4. The van der Waals surface area contributed by atoms with Crippen molar-refractivity contribution in [2.75, 3.05) is 78.6 Å². The first kappa shape index (κ1) is 112. The van der Waals surface area contributed by atoms with Crippen molar-refractivity contribution in [2.24, 2.45) is 28.9 Å². The van der Waals surface area contributed by atoms with Crippen LogP contribution >= 0.6 is 11.8 Å². The van der Waals surface area contributed by atoms with Crippen molar-refractivity contribution >= 4 is 140 Å². The number of rotatable bonds is 29. The van der Waals surface area contributed by atoms with Crippen LogP contribution in [-0.4, -0.2) is 325 Å². The molecule has 0 saturated carbocycles. The molecule has 9 rings (SSSR count). The normalized spacial score (nSPS) is 24.1. The van der Waals surface area contributed by atoms with E-state index in [0.717, 1.165) is 42.7 Å². The van der Waals surface area contributed by atoms with Gasteiger partial charge in [-0.05, 0) is 135 Å². The number of ether oxygens (including phenoxy) is 1. The number of hydrogen-bond acceptors (Lipinski definition) is 24. The molecule has 3 aliphatic heterocycles. The predicted molar refractivity (Wildman–Crippen MR) is 528 cm³/mol. The third-order valence-corrected chi connectivity index (χ3v) is 26.4. The molecule has 2 aromatic heterocycles. The number of benzene rings is 4. The molecule has 6 aromatic rings. The van der Waals surface area contributed by atoms with Crippen LogP contribution in [0.2, 0.25) is 0 Å². The molecule has 3 saturated heterocycles. The summed E-state index contributed by atoms with van der Waals surface area (Å²) in [6, 6.07) is 4.58. The molecule has 142 heavy (non-hydrogen) atoms. The molecule has 0 aliphatic carbocycles. The van der Waals surface area contributed by atoms with Crippen LogP contribution in [0.25, 0.3) is 33.1 Å². The highest BCUT2D eigenvalue weighted by Gasteiger charge is 2.47. The van der Waals surface area contributed by atoms with Gasteiger partial charge in [-0.2, -0.15) is 0 Å².